The van der Waals surface area contributed by atoms with Crippen molar-refractivity contribution >= 4 is 22.5 Å². The Labute approximate surface area is 110 Å². The van der Waals surface area contributed by atoms with Crippen molar-refractivity contribution in [3.8, 4) is 11.1 Å². The maximum Gasteiger partial charge on any atom is 0.153 e. The predicted octanol–water partition coefficient (Wildman–Crippen LogP) is 3.11. The molecule has 3 rings (SSSR count). The highest BCUT2D eigenvalue weighted by Crippen LogP contribution is 2.31. The standard InChI is InChI=1S/C13H13ClN4/c1-3-18-5-4-10-11(7-15-13(14)12(10)18)9-6-16-17(2)8-9/h4-8H,3H2,1-2H3. The van der Waals surface area contributed by atoms with Crippen LogP contribution in [0.15, 0.2) is 30.9 Å². The van der Waals surface area contributed by atoms with Gasteiger partial charge in [-0.1, -0.05) is 11.6 Å². The molecular formula is C13H13ClN4. The van der Waals surface area contributed by atoms with E-state index in [2.05, 4.69) is 27.6 Å². The first-order valence-corrected chi connectivity index (χ1v) is 6.21. The van der Waals surface area contributed by atoms with E-state index in [0.717, 1.165) is 28.6 Å². The molecule has 92 valence electrons. The number of rotatable bonds is 2. The van der Waals surface area contributed by atoms with Gasteiger partial charge in [0.05, 0.1) is 11.7 Å². The predicted molar refractivity (Wildman–Crippen MR) is 72.6 cm³/mol. The highest BCUT2D eigenvalue weighted by Gasteiger charge is 2.12. The van der Waals surface area contributed by atoms with Crippen molar-refractivity contribution in [3.63, 3.8) is 0 Å². The van der Waals surface area contributed by atoms with Crippen LogP contribution < -0.4 is 0 Å². The van der Waals surface area contributed by atoms with Crippen molar-refractivity contribution in [1.82, 2.24) is 19.3 Å². The zero-order valence-electron chi connectivity index (χ0n) is 10.3. The zero-order valence-corrected chi connectivity index (χ0v) is 11.0. The summed E-state index contributed by atoms with van der Waals surface area (Å²) in [6.07, 6.45) is 7.67. The summed E-state index contributed by atoms with van der Waals surface area (Å²) in [6, 6.07) is 2.08. The Kier molecular flexibility index (Phi) is 2.59. The van der Waals surface area contributed by atoms with Crippen molar-refractivity contribution in [2.24, 2.45) is 7.05 Å². The molecule has 0 radical (unpaired) electrons. The van der Waals surface area contributed by atoms with E-state index in [0.29, 0.717) is 5.15 Å². The van der Waals surface area contributed by atoms with E-state index < -0.39 is 0 Å². The maximum atomic E-state index is 6.19. The Morgan fingerprint density at radius 2 is 2.17 bits per heavy atom. The van der Waals surface area contributed by atoms with E-state index in [1.54, 1.807) is 4.68 Å². The van der Waals surface area contributed by atoms with Crippen molar-refractivity contribution in [1.29, 1.82) is 0 Å². The van der Waals surface area contributed by atoms with Gasteiger partial charge in [0.2, 0.25) is 0 Å². The summed E-state index contributed by atoms with van der Waals surface area (Å²) >= 11 is 6.19. The van der Waals surface area contributed by atoms with Gasteiger partial charge in [0.1, 0.15) is 0 Å². The first-order valence-electron chi connectivity index (χ1n) is 5.83. The summed E-state index contributed by atoms with van der Waals surface area (Å²) in [5, 5.41) is 5.86. The van der Waals surface area contributed by atoms with Gasteiger partial charge >= 0.3 is 0 Å². The van der Waals surface area contributed by atoms with Gasteiger partial charge in [-0.25, -0.2) is 4.98 Å². The number of hydrogen-bond acceptors (Lipinski definition) is 2. The minimum absolute atomic E-state index is 0.546. The van der Waals surface area contributed by atoms with Crippen LogP contribution in [-0.2, 0) is 13.6 Å². The second kappa shape index (κ2) is 4.14. The van der Waals surface area contributed by atoms with Gasteiger partial charge in [-0.3, -0.25) is 4.68 Å². The minimum atomic E-state index is 0.546. The lowest BCUT2D eigenvalue weighted by molar-refractivity contribution is 0.768. The van der Waals surface area contributed by atoms with Crippen LogP contribution in [0, 0.1) is 0 Å². The third-order valence-corrected chi connectivity index (χ3v) is 3.39. The average Bonchev–Trinajstić information content (AvgIpc) is 2.96. The number of halogens is 1. The number of pyridine rings is 1. The zero-order chi connectivity index (χ0) is 12.7. The van der Waals surface area contributed by atoms with Crippen LogP contribution in [0.25, 0.3) is 22.0 Å². The van der Waals surface area contributed by atoms with E-state index in [9.17, 15) is 0 Å². The van der Waals surface area contributed by atoms with Crippen LogP contribution in [0.5, 0.6) is 0 Å². The fraction of sp³-hybridized carbons (Fsp3) is 0.231. The molecule has 0 aliphatic rings. The summed E-state index contributed by atoms with van der Waals surface area (Å²) in [7, 11) is 1.90. The number of fused-ring (bicyclic) bond motifs is 1. The van der Waals surface area contributed by atoms with Gasteiger partial charge in [0.25, 0.3) is 0 Å². The topological polar surface area (TPSA) is 35.6 Å². The van der Waals surface area contributed by atoms with Crippen LogP contribution in [0.2, 0.25) is 5.15 Å². The average molecular weight is 261 g/mol. The van der Waals surface area contributed by atoms with Gasteiger partial charge in [-0.15, -0.1) is 0 Å². The number of nitrogens with zero attached hydrogens (tertiary/aromatic N) is 4. The lowest BCUT2D eigenvalue weighted by Crippen LogP contribution is -1.93. The quantitative estimate of drug-likeness (QED) is 0.664. The van der Waals surface area contributed by atoms with Crippen LogP contribution in [-0.4, -0.2) is 19.3 Å². The first-order chi connectivity index (χ1) is 8.70. The third-order valence-electron chi connectivity index (χ3n) is 3.11. The molecule has 0 atom stereocenters. The molecule has 3 aromatic heterocycles. The number of aryl methyl sites for hydroxylation is 2. The Bertz CT molecular complexity index is 711. The molecule has 0 aromatic carbocycles. The van der Waals surface area contributed by atoms with E-state index in [-0.39, 0.29) is 0 Å². The molecule has 18 heavy (non-hydrogen) atoms. The molecule has 0 bridgehead atoms. The molecule has 3 heterocycles. The molecule has 0 saturated heterocycles. The SMILES string of the molecule is CCn1ccc2c(-c3cnn(C)c3)cnc(Cl)c21. The van der Waals surface area contributed by atoms with E-state index >= 15 is 0 Å². The largest absolute Gasteiger partial charge is 0.345 e. The lowest BCUT2D eigenvalue weighted by Gasteiger charge is -2.05. The highest BCUT2D eigenvalue weighted by molar-refractivity contribution is 6.34. The van der Waals surface area contributed by atoms with E-state index in [1.165, 1.54) is 0 Å². The summed E-state index contributed by atoms with van der Waals surface area (Å²) < 4.78 is 3.89. The summed E-state index contributed by atoms with van der Waals surface area (Å²) in [5.41, 5.74) is 3.11. The molecule has 0 amide bonds. The fourth-order valence-electron chi connectivity index (χ4n) is 2.23. The van der Waals surface area contributed by atoms with E-state index in [1.807, 2.05) is 31.8 Å². The minimum Gasteiger partial charge on any atom is -0.345 e. The molecule has 0 aliphatic carbocycles. The van der Waals surface area contributed by atoms with Crippen molar-refractivity contribution in [2.75, 3.05) is 0 Å². The Morgan fingerprint density at radius 1 is 1.33 bits per heavy atom. The molecule has 0 saturated carbocycles. The number of hydrogen-bond donors (Lipinski definition) is 0. The van der Waals surface area contributed by atoms with Crippen LogP contribution in [0.4, 0.5) is 0 Å². The summed E-state index contributed by atoms with van der Waals surface area (Å²) in [4.78, 5) is 4.28. The monoisotopic (exact) mass is 260 g/mol. The second-order valence-electron chi connectivity index (χ2n) is 4.23. The van der Waals surface area contributed by atoms with Crippen LogP contribution in [0.3, 0.4) is 0 Å². The van der Waals surface area contributed by atoms with Crippen molar-refractivity contribution < 1.29 is 0 Å². The molecule has 0 spiro atoms. The molecule has 0 fully saturated rings. The molecule has 3 aromatic rings. The molecule has 4 nitrogen and oxygen atoms in total. The Hall–Kier alpha value is -1.81. The second-order valence-corrected chi connectivity index (χ2v) is 4.59. The van der Waals surface area contributed by atoms with Crippen LogP contribution >= 0.6 is 11.6 Å². The van der Waals surface area contributed by atoms with E-state index in [4.69, 9.17) is 11.6 Å². The molecule has 0 N–H and O–H groups in total. The summed E-state index contributed by atoms with van der Waals surface area (Å²) in [6.45, 7) is 2.97. The van der Waals surface area contributed by atoms with Crippen LogP contribution in [0.1, 0.15) is 6.92 Å². The first kappa shape index (κ1) is 11.3. The van der Waals surface area contributed by atoms with Gasteiger partial charge < -0.3 is 4.57 Å². The molecular weight excluding hydrogens is 248 g/mol. The fourth-order valence-corrected chi connectivity index (χ4v) is 2.48. The van der Waals surface area contributed by atoms with Crippen molar-refractivity contribution in [2.45, 2.75) is 13.5 Å². The van der Waals surface area contributed by atoms with Gasteiger partial charge in [-0.2, -0.15) is 5.10 Å². The van der Waals surface area contributed by atoms with Gasteiger partial charge in [-0.05, 0) is 13.0 Å². The highest BCUT2D eigenvalue weighted by atomic mass is 35.5. The van der Waals surface area contributed by atoms with Crippen molar-refractivity contribution in [3.05, 3.63) is 36.0 Å². The third kappa shape index (κ3) is 1.61. The smallest absolute Gasteiger partial charge is 0.153 e. The van der Waals surface area contributed by atoms with Gasteiger partial charge in [0.15, 0.2) is 5.15 Å². The normalized spacial score (nSPS) is 11.3. The molecule has 0 unspecified atom stereocenters. The number of aromatic nitrogens is 4. The lowest BCUT2D eigenvalue weighted by atomic mass is 10.1. The molecule has 5 heteroatoms. The maximum absolute atomic E-state index is 6.19. The Balaban J connectivity index is 2.31. The van der Waals surface area contributed by atoms with Gasteiger partial charge in [0, 0.05) is 48.7 Å². The molecule has 0 aliphatic heterocycles. The Morgan fingerprint density at radius 3 is 2.83 bits per heavy atom. The summed E-state index contributed by atoms with van der Waals surface area (Å²) in [5.74, 6) is 0.